The van der Waals surface area contributed by atoms with Crippen LogP contribution in [0.15, 0.2) is 30.7 Å². The summed E-state index contributed by atoms with van der Waals surface area (Å²) in [5, 5.41) is 7.36. The van der Waals surface area contributed by atoms with E-state index < -0.39 is 0 Å². The molecule has 2 aromatic heterocycles. The SMILES string of the molecule is CC(C)Oc1cccnc1NCCn1cc(N)cn1. The van der Waals surface area contributed by atoms with Crippen LogP contribution in [-0.4, -0.2) is 27.4 Å². The van der Waals surface area contributed by atoms with Gasteiger partial charge in [0.1, 0.15) is 0 Å². The zero-order valence-corrected chi connectivity index (χ0v) is 11.2. The van der Waals surface area contributed by atoms with Crippen LogP contribution >= 0.6 is 0 Å². The minimum Gasteiger partial charge on any atom is -0.487 e. The van der Waals surface area contributed by atoms with Gasteiger partial charge >= 0.3 is 0 Å². The number of ether oxygens (including phenoxy) is 1. The smallest absolute Gasteiger partial charge is 0.168 e. The molecule has 0 aliphatic rings. The van der Waals surface area contributed by atoms with Crippen molar-refractivity contribution in [3.05, 3.63) is 30.7 Å². The predicted octanol–water partition coefficient (Wildman–Crippen LogP) is 1.76. The molecule has 3 N–H and O–H groups in total. The summed E-state index contributed by atoms with van der Waals surface area (Å²) in [5.41, 5.74) is 6.27. The Morgan fingerprint density at radius 3 is 3.00 bits per heavy atom. The van der Waals surface area contributed by atoms with Crippen molar-refractivity contribution in [2.24, 2.45) is 0 Å². The maximum atomic E-state index is 5.68. The van der Waals surface area contributed by atoms with Gasteiger partial charge in [0, 0.05) is 18.9 Å². The normalized spacial score (nSPS) is 10.7. The molecule has 2 aromatic rings. The van der Waals surface area contributed by atoms with E-state index in [1.54, 1.807) is 23.3 Å². The first-order valence-electron chi connectivity index (χ1n) is 6.28. The lowest BCUT2D eigenvalue weighted by Gasteiger charge is -2.14. The van der Waals surface area contributed by atoms with Gasteiger partial charge in [0.05, 0.1) is 24.5 Å². The van der Waals surface area contributed by atoms with Crippen molar-refractivity contribution in [2.75, 3.05) is 17.6 Å². The molecule has 0 saturated heterocycles. The van der Waals surface area contributed by atoms with Gasteiger partial charge in [-0.05, 0) is 26.0 Å². The van der Waals surface area contributed by atoms with E-state index >= 15 is 0 Å². The summed E-state index contributed by atoms with van der Waals surface area (Å²) < 4.78 is 7.47. The first kappa shape index (κ1) is 13.2. The number of nitrogens with two attached hydrogens (primary N) is 1. The highest BCUT2D eigenvalue weighted by Crippen LogP contribution is 2.21. The third-order valence-corrected chi connectivity index (χ3v) is 2.42. The summed E-state index contributed by atoms with van der Waals surface area (Å²) in [6.07, 6.45) is 5.29. The molecule has 0 radical (unpaired) electrons. The fourth-order valence-electron chi connectivity index (χ4n) is 1.66. The molecule has 19 heavy (non-hydrogen) atoms. The Hall–Kier alpha value is -2.24. The summed E-state index contributed by atoms with van der Waals surface area (Å²) in [4.78, 5) is 4.28. The van der Waals surface area contributed by atoms with E-state index in [1.807, 2.05) is 26.0 Å². The third kappa shape index (κ3) is 3.87. The lowest BCUT2D eigenvalue weighted by molar-refractivity contribution is 0.243. The van der Waals surface area contributed by atoms with Crippen LogP contribution in [0.3, 0.4) is 0 Å². The fourth-order valence-corrected chi connectivity index (χ4v) is 1.66. The van der Waals surface area contributed by atoms with Gasteiger partial charge in [0.25, 0.3) is 0 Å². The van der Waals surface area contributed by atoms with E-state index in [9.17, 15) is 0 Å². The van der Waals surface area contributed by atoms with Gasteiger partial charge < -0.3 is 15.8 Å². The minimum absolute atomic E-state index is 0.121. The van der Waals surface area contributed by atoms with Crippen molar-refractivity contribution in [3.8, 4) is 5.75 Å². The van der Waals surface area contributed by atoms with Gasteiger partial charge in [0.2, 0.25) is 0 Å². The molecule has 0 saturated carbocycles. The number of nitrogens with one attached hydrogen (secondary N) is 1. The molecule has 6 heteroatoms. The summed E-state index contributed by atoms with van der Waals surface area (Å²) in [7, 11) is 0. The van der Waals surface area contributed by atoms with E-state index in [2.05, 4.69) is 15.4 Å². The quantitative estimate of drug-likeness (QED) is 0.828. The van der Waals surface area contributed by atoms with Crippen molar-refractivity contribution >= 4 is 11.5 Å². The predicted molar refractivity (Wildman–Crippen MR) is 75.1 cm³/mol. The Morgan fingerprint density at radius 1 is 1.47 bits per heavy atom. The average molecular weight is 261 g/mol. The van der Waals surface area contributed by atoms with E-state index in [0.717, 1.165) is 18.1 Å². The van der Waals surface area contributed by atoms with Crippen molar-refractivity contribution in [2.45, 2.75) is 26.5 Å². The van der Waals surface area contributed by atoms with Crippen molar-refractivity contribution < 1.29 is 4.74 Å². The maximum absolute atomic E-state index is 5.68. The van der Waals surface area contributed by atoms with Gasteiger partial charge in [-0.15, -0.1) is 0 Å². The molecule has 2 heterocycles. The largest absolute Gasteiger partial charge is 0.487 e. The first-order chi connectivity index (χ1) is 9.15. The molecule has 0 atom stereocenters. The molecule has 0 aromatic carbocycles. The van der Waals surface area contributed by atoms with Gasteiger partial charge in [-0.2, -0.15) is 5.10 Å². The van der Waals surface area contributed by atoms with Gasteiger partial charge in [-0.1, -0.05) is 0 Å². The molecule has 0 aliphatic carbocycles. The Morgan fingerprint density at radius 2 is 2.32 bits per heavy atom. The number of aromatic nitrogens is 3. The molecular formula is C13H19N5O. The lowest BCUT2D eigenvalue weighted by Crippen LogP contribution is -2.14. The highest BCUT2D eigenvalue weighted by atomic mass is 16.5. The number of hydrogen-bond acceptors (Lipinski definition) is 5. The van der Waals surface area contributed by atoms with Gasteiger partial charge in [0.15, 0.2) is 11.6 Å². The number of nitrogen functional groups attached to an aromatic ring is 1. The molecule has 0 spiro atoms. The Balaban J connectivity index is 1.92. The summed E-state index contributed by atoms with van der Waals surface area (Å²) >= 11 is 0. The van der Waals surface area contributed by atoms with Crippen LogP contribution in [0.25, 0.3) is 0 Å². The minimum atomic E-state index is 0.121. The second-order valence-electron chi connectivity index (χ2n) is 4.48. The van der Waals surface area contributed by atoms with Crippen LogP contribution in [0.2, 0.25) is 0 Å². The van der Waals surface area contributed by atoms with Crippen molar-refractivity contribution in [1.29, 1.82) is 0 Å². The lowest BCUT2D eigenvalue weighted by atomic mass is 10.4. The van der Waals surface area contributed by atoms with Crippen LogP contribution in [0.1, 0.15) is 13.8 Å². The second kappa shape index (κ2) is 6.08. The van der Waals surface area contributed by atoms with Crippen LogP contribution < -0.4 is 15.8 Å². The molecule has 0 unspecified atom stereocenters. The highest BCUT2D eigenvalue weighted by molar-refractivity contribution is 5.49. The number of rotatable bonds is 6. The number of hydrogen-bond donors (Lipinski definition) is 2. The number of pyridine rings is 1. The molecule has 0 bridgehead atoms. The van der Waals surface area contributed by atoms with Crippen molar-refractivity contribution in [3.63, 3.8) is 0 Å². The molecule has 0 amide bonds. The van der Waals surface area contributed by atoms with Crippen molar-refractivity contribution in [1.82, 2.24) is 14.8 Å². The summed E-state index contributed by atoms with van der Waals surface area (Å²) in [6.45, 7) is 5.40. The average Bonchev–Trinajstić information content (AvgIpc) is 2.77. The third-order valence-electron chi connectivity index (χ3n) is 2.42. The fraction of sp³-hybridized carbons (Fsp3) is 0.385. The monoisotopic (exact) mass is 261 g/mol. The Labute approximate surface area is 112 Å². The molecule has 2 rings (SSSR count). The molecule has 102 valence electrons. The Kier molecular flexibility index (Phi) is 4.22. The Bertz CT molecular complexity index is 523. The van der Waals surface area contributed by atoms with Crippen LogP contribution in [0.5, 0.6) is 5.75 Å². The van der Waals surface area contributed by atoms with E-state index in [1.165, 1.54) is 0 Å². The van der Waals surface area contributed by atoms with Gasteiger partial charge in [-0.3, -0.25) is 4.68 Å². The van der Waals surface area contributed by atoms with Crippen LogP contribution in [0, 0.1) is 0 Å². The highest BCUT2D eigenvalue weighted by Gasteiger charge is 2.05. The van der Waals surface area contributed by atoms with Crippen LogP contribution in [-0.2, 0) is 6.54 Å². The topological polar surface area (TPSA) is 78.0 Å². The van der Waals surface area contributed by atoms with Gasteiger partial charge in [-0.25, -0.2) is 4.98 Å². The van der Waals surface area contributed by atoms with E-state index in [0.29, 0.717) is 12.2 Å². The van der Waals surface area contributed by atoms with Crippen LogP contribution in [0.4, 0.5) is 11.5 Å². The first-order valence-corrected chi connectivity index (χ1v) is 6.28. The maximum Gasteiger partial charge on any atom is 0.168 e. The zero-order valence-electron chi connectivity index (χ0n) is 11.2. The van der Waals surface area contributed by atoms with E-state index in [4.69, 9.17) is 10.5 Å². The molecular weight excluding hydrogens is 242 g/mol. The summed E-state index contributed by atoms with van der Waals surface area (Å²) in [5.74, 6) is 1.51. The molecule has 0 aliphatic heterocycles. The molecule has 0 fully saturated rings. The zero-order chi connectivity index (χ0) is 13.7. The molecule has 6 nitrogen and oxygen atoms in total. The standard InChI is InChI=1S/C13H19N5O/c1-10(2)19-12-4-3-5-15-13(12)16-6-7-18-9-11(14)8-17-18/h3-5,8-10H,6-7,14H2,1-2H3,(H,15,16). The number of anilines is 2. The van der Waals surface area contributed by atoms with E-state index in [-0.39, 0.29) is 6.10 Å². The summed E-state index contributed by atoms with van der Waals surface area (Å²) in [6, 6.07) is 3.76. The second-order valence-corrected chi connectivity index (χ2v) is 4.48. The number of nitrogens with zero attached hydrogens (tertiary/aromatic N) is 3.